The molecule has 1 aliphatic carbocycles. The number of carbonyl (C=O) groups excluding carboxylic acids is 3. The monoisotopic (exact) mass is 406 g/mol. The third-order valence-corrected chi connectivity index (χ3v) is 6.38. The summed E-state index contributed by atoms with van der Waals surface area (Å²) in [6.07, 6.45) is 0. The van der Waals surface area contributed by atoms with Gasteiger partial charge in [0.1, 0.15) is 5.54 Å². The summed E-state index contributed by atoms with van der Waals surface area (Å²) in [7, 11) is 1.70. The number of esters is 1. The Kier molecular flexibility index (Phi) is 5.10. The summed E-state index contributed by atoms with van der Waals surface area (Å²) in [5.74, 6) is -1.64. The van der Waals surface area contributed by atoms with Gasteiger partial charge in [-0.25, -0.2) is 0 Å². The van der Waals surface area contributed by atoms with Crippen LogP contribution in [0.4, 0.5) is 0 Å². The van der Waals surface area contributed by atoms with Crippen molar-refractivity contribution in [2.24, 2.45) is 11.8 Å². The van der Waals surface area contributed by atoms with E-state index in [0.29, 0.717) is 12.2 Å². The zero-order valence-corrected chi connectivity index (χ0v) is 17.4. The van der Waals surface area contributed by atoms with E-state index in [4.69, 9.17) is 4.74 Å². The summed E-state index contributed by atoms with van der Waals surface area (Å²) < 4.78 is 5.28. The van der Waals surface area contributed by atoms with Gasteiger partial charge in [-0.1, -0.05) is 48.5 Å². The molecule has 4 rings (SSSR count). The Balaban J connectivity index is 1.74. The number of amides is 2. The van der Waals surface area contributed by atoms with Crippen LogP contribution in [0.5, 0.6) is 0 Å². The first-order chi connectivity index (χ1) is 14.4. The van der Waals surface area contributed by atoms with Crippen molar-refractivity contribution in [2.75, 3.05) is 13.7 Å². The van der Waals surface area contributed by atoms with Gasteiger partial charge in [0.25, 0.3) is 5.91 Å². The predicted octanol–water partition coefficient (Wildman–Crippen LogP) is 2.61. The minimum Gasteiger partial charge on any atom is -0.466 e. The molecule has 6 nitrogen and oxygen atoms in total. The largest absolute Gasteiger partial charge is 0.466 e. The lowest BCUT2D eigenvalue weighted by Gasteiger charge is -2.44. The molecule has 1 heterocycles. The van der Waals surface area contributed by atoms with E-state index in [1.807, 2.05) is 36.4 Å². The number of fused-ring (bicyclic) bond motifs is 1. The second-order valence-electron chi connectivity index (χ2n) is 8.17. The summed E-state index contributed by atoms with van der Waals surface area (Å²) in [6, 6.07) is 18.3. The lowest BCUT2D eigenvalue weighted by atomic mass is 9.73. The van der Waals surface area contributed by atoms with E-state index in [1.165, 1.54) is 0 Å². The van der Waals surface area contributed by atoms with Crippen molar-refractivity contribution in [3.63, 3.8) is 0 Å². The van der Waals surface area contributed by atoms with Gasteiger partial charge in [0.05, 0.1) is 12.5 Å². The van der Waals surface area contributed by atoms with Crippen LogP contribution in [-0.2, 0) is 14.3 Å². The summed E-state index contributed by atoms with van der Waals surface area (Å²) in [4.78, 5) is 40.7. The van der Waals surface area contributed by atoms with E-state index in [1.54, 1.807) is 50.1 Å². The lowest BCUT2D eigenvalue weighted by Crippen LogP contribution is -2.64. The Bertz CT molecular complexity index is 962. The van der Waals surface area contributed by atoms with Gasteiger partial charge < -0.3 is 15.0 Å². The van der Waals surface area contributed by atoms with Gasteiger partial charge >= 0.3 is 5.97 Å². The van der Waals surface area contributed by atoms with Crippen molar-refractivity contribution >= 4 is 17.8 Å². The van der Waals surface area contributed by atoms with Gasteiger partial charge in [0.15, 0.2) is 0 Å². The zero-order valence-electron chi connectivity index (χ0n) is 17.4. The number of likely N-dealkylation sites (N-methyl/N-ethyl adjacent to an activating group) is 1. The van der Waals surface area contributed by atoms with E-state index < -0.39 is 5.54 Å². The van der Waals surface area contributed by atoms with Gasteiger partial charge in [0, 0.05) is 30.5 Å². The SMILES string of the molecule is CCOC(=O)[C@H]1[C@H]2[C@@H]1N(C)C(=O)[C@](C)(NC(=O)c1ccccc1)[C@H]2c1ccccc1. The molecular weight excluding hydrogens is 380 g/mol. The van der Waals surface area contributed by atoms with Crippen molar-refractivity contribution in [2.45, 2.75) is 31.3 Å². The molecular formula is C24H26N2O4. The Hall–Kier alpha value is -3.15. The van der Waals surface area contributed by atoms with Crippen molar-refractivity contribution in [1.29, 1.82) is 0 Å². The van der Waals surface area contributed by atoms with Gasteiger partial charge in [-0.05, 0) is 31.5 Å². The lowest BCUT2D eigenvalue weighted by molar-refractivity contribution is -0.145. The Labute approximate surface area is 176 Å². The van der Waals surface area contributed by atoms with E-state index >= 15 is 0 Å². The highest BCUT2D eigenvalue weighted by molar-refractivity contribution is 6.01. The number of rotatable bonds is 5. The number of hydrogen-bond acceptors (Lipinski definition) is 4. The fraction of sp³-hybridized carbons (Fsp3) is 0.375. The minimum absolute atomic E-state index is 0.116. The summed E-state index contributed by atoms with van der Waals surface area (Å²) in [5, 5.41) is 3.01. The van der Waals surface area contributed by atoms with Crippen molar-refractivity contribution in [1.82, 2.24) is 10.2 Å². The van der Waals surface area contributed by atoms with E-state index in [-0.39, 0.29) is 41.6 Å². The van der Waals surface area contributed by atoms with Crippen molar-refractivity contribution in [3.05, 3.63) is 71.8 Å². The number of nitrogens with zero attached hydrogens (tertiary/aromatic N) is 1. The van der Waals surface area contributed by atoms with Crippen LogP contribution < -0.4 is 5.32 Å². The van der Waals surface area contributed by atoms with Crippen molar-refractivity contribution in [3.8, 4) is 0 Å². The fourth-order valence-corrected chi connectivity index (χ4v) is 5.02. The van der Waals surface area contributed by atoms with Gasteiger partial charge in [0.2, 0.25) is 5.91 Å². The Morgan fingerprint density at radius 1 is 1.07 bits per heavy atom. The van der Waals surface area contributed by atoms with E-state index in [0.717, 1.165) is 5.56 Å². The fourth-order valence-electron chi connectivity index (χ4n) is 5.02. The molecule has 156 valence electrons. The minimum atomic E-state index is -1.19. The molecule has 0 unspecified atom stereocenters. The highest BCUT2D eigenvalue weighted by Crippen LogP contribution is 2.59. The highest BCUT2D eigenvalue weighted by Gasteiger charge is 2.71. The molecule has 1 saturated heterocycles. The molecule has 2 aromatic carbocycles. The van der Waals surface area contributed by atoms with Crippen LogP contribution in [0.25, 0.3) is 0 Å². The van der Waals surface area contributed by atoms with Gasteiger partial charge in [-0.3, -0.25) is 14.4 Å². The molecule has 1 saturated carbocycles. The number of piperidine rings is 1. The average Bonchev–Trinajstić information content (AvgIpc) is 3.49. The second-order valence-corrected chi connectivity index (χ2v) is 8.17. The number of ether oxygens (including phenoxy) is 1. The molecule has 0 aromatic heterocycles. The first-order valence-electron chi connectivity index (χ1n) is 10.3. The maximum absolute atomic E-state index is 13.5. The van der Waals surface area contributed by atoms with Crippen LogP contribution in [0.15, 0.2) is 60.7 Å². The normalized spacial score (nSPS) is 29.7. The van der Waals surface area contributed by atoms with Gasteiger partial charge in [-0.15, -0.1) is 0 Å². The third-order valence-electron chi connectivity index (χ3n) is 6.38. The van der Waals surface area contributed by atoms with Crippen LogP contribution in [0.3, 0.4) is 0 Å². The zero-order chi connectivity index (χ0) is 21.5. The first-order valence-corrected chi connectivity index (χ1v) is 10.3. The number of carbonyl (C=O) groups is 3. The molecule has 2 aliphatic rings. The number of nitrogens with one attached hydrogen (secondary N) is 1. The molecule has 1 N–H and O–H groups in total. The summed E-state index contributed by atoms with van der Waals surface area (Å²) in [6.45, 7) is 3.84. The van der Waals surface area contributed by atoms with E-state index in [9.17, 15) is 14.4 Å². The van der Waals surface area contributed by atoms with Crippen LogP contribution in [0.2, 0.25) is 0 Å². The summed E-state index contributed by atoms with van der Waals surface area (Å²) >= 11 is 0. The molecule has 2 aromatic rings. The van der Waals surface area contributed by atoms with Crippen LogP contribution in [0, 0.1) is 11.8 Å². The topological polar surface area (TPSA) is 75.7 Å². The smallest absolute Gasteiger partial charge is 0.311 e. The van der Waals surface area contributed by atoms with E-state index in [2.05, 4.69) is 5.32 Å². The van der Waals surface area contributed by atoms with Crippen LogP contribution >= 0.6 is 0 Å². The molecule has 5 atom stereocenters. The molecule has 2 amide bonds. The van der Waals surface area contributed by atoms with Gasteiger partial charge in [-0.2, -0.15) is 0 Å². The summed E-state index contributed by atoms with van der Waals surface area (Å²) in [5.41, 5.74) is 0.225. The first kappa shape index (κ1) is 20.1. The molecule has 0 spiro atoms. The molecule has 0 radical (unpaired) electrons. The number of benzene rings is 2. The molecule has 2 fully saturated rings. The molecule has 30 heavy (non-hydrogen) atoms. The Morgan fingerprint density at radius 3 is 2.27 bits per heavy atom. The average molecular weight is 406 g/mol. The maximum Gasteiger partial charge on any atom is 0.311 e. The Morgan fingerprint density at radius 2 is 1.67 bits per heavy atom. The maximum atomic E-state index is 13.5. The van der Waals surface area contributed by atoms with Crippen LogP contribution in [-0.4, -0.2) is 47.9 Å². The standard InChI is InChI=1S/C24H26N2O4/c1-4-30-22(28)18-17-19(15-11-7-5-8-12-15)24(2,23(29)26(3)20(17)18)25-21(27)16-13-9-6-10-14-16/h5-14,17-20H,4H2,1-3H3,(H,25,27)/t17-,18+,19+,20+,24-/m1/s1. The second kappa shape index (κ2) is 7.59. The molecule has 0 bridgehead atoms. The molecule has 6 heteroatoms. The quantitative estimate of drug-likeness (QED) is 0.775. The number of hydrogen-bond donors (Lipinski definition) is 1. The third kappa shape index (κ3) is 3.16. The number of likely N-dealkylation sites (tertiary alicyclic amines) is 1. The van der Waals surface area contributed by atoms with Crippen molar-refractivity contribution < 1.29 is 19.1 Å². The highest BCUT2D eigenvalue weighted by atomic mass is 16.5. The van der Waals surface area contributed by atoms with Crippen LogP contribution in [0.1, 0.15) is 35.7 Å². The molecule has 1 aliphatic heterocycles. The predicted molar refractivity (Wildman–Crippen MR) is 112 cm³/mol.